The molecule has 0 unspecified atom stereocenters. The molecule has 0 spiro atoms. The molecule has 1 aromatic rings. The Morgan fingerprint density at radius 3 is 2.41 bits per heavy atom. The number of carbonyl (C=O) groups is 1. The summed E-state index contributed by atoms with van der Waals surface area (Å²) in [6.45, 7) is 0. The van der Waals surface area contributed by atoms with Crippen LogP contribution in [0, 0.1) is 12.3 Å². The monoisotopic (exact) mass is 227 g/mol. The van der Waals surface area contributed by atoms with Crippen LogP contribution in [-0.4, -0.2) is 11.9 Å². The highest BCUT2D eigenvalue weighted by Gasteiger charge is 2.16. The summed E-state index contributed by atoms with van der Waals surface area (Å²) < 4.78 is 0. The molecule has 0 aromatic heterocycles. The van der Waals surface area contributed by atoms with Gasteiger partial charge in [-0.25, -0.2) is 0 Å². The maximum atomic E-state index is 11.9. The molecular weight excluding hydrogens is 210 g/mol. The second-order valence-corrected chi connectivity index (χ2v) is 4.53. The molecule has 17 heavy (non-hydrogen) atoms. The standard InChI is InChI=1S/C15H17NO/c1-2-12-8-10-13(11-9-12)15(17)16-14-6-4-3-5-7-14/h1,8-11,14H,3-7H2,(H,16,17). The lowest BCUT2D eigenvalue weighted by Gasteiger charge is -2.22. The first-order chi connectivity index (χ1) is 8.29. The van der Waals surface area contributed by atoms with Gasteiger partial charge >= 0.3 is 0 Å². The molecular formula is C15H17NO. The first-order valence-corrected chi connectivity index (χ1v) is 6.17. The van der Waals surface area contributed by atoms with Gasteiger partial charge in [-0.3, -0.25) is 4.79 Å². The van der Waals surface area contributed by atoms with Gasteiger partial charge in [-0.15, -0.1) is 6.42 Å². The molecule has 0 bridgehead atoms. The molecule has 0 heterocycles. The molecule has 2 heteroatoms. The maximum absolute atomic E-state index is 11.9. The van der Waals surface area contributed by atoms with Crippen molar-refractivity contribution in [3.05, 3.63) is 35.4 Å². The molecule has 1 fully saturated rings. The zero-order valence-corrected chi connectivity index (χ0v) is 9.91. The minimum atomic E-state index is 0.0143. The SMILES string of the molecule is C#Cc1ccc(C(=O)NC2CCCCC2)cc1. The van der Waals surface area contributed by atoms with Crippen LogP contribution in [-0.2, 0) is 0 Å². The summed E-state index contributed by atoms with van der Waals surface area (Å²) in [7, 11) is 0. The van der Waals surface area contributed by atoms with Crippen molar-refractivity contribution >= 4 is 5.91 Å². The molecule has 0 atom stereocenters. The zero-order chi connectivity index (χ0) is 12.1. The van der Waals surface area contributed by atoms with Crippen LogP contribution >= 0.6 is 0 Å². The molecule has 0 radical (unpaired) electrons. The van der Waals surface area contributed by atoms with Gasteiger partial charge in [0.1, 0.15) is 0 Å². The molecule has 88 valence electrons. The molecule has 1 aliphatic rings. The van der Waals surface area contributed by atoms with Crippen molar-refractivity contribution in [3.8, 4) is 12.3 Å². The minimum Gasteiger partial charge on any atom is -0.349 e. The maximum Gasteiger partial charge on any atom is 0.251 e. The van der Waals surface area contributed by atoms with Crippen LogP contribution in [0.15, 0.2) is 24.3 Å². The Morgan fingerprint density at radius 1 is 1.18 bits per heavy atom. The van der Waals surface area contributed by atoms with E-state index < -0.39 is 0 Å². The van der Waals surface area contributed by atoms with Gasteiger partial charge in [0.2, 0.25) is 0 Å². The highest BCUT2D eigenvalue weighted by molar-refractivity contribution is 5.94. The van der Waals surface area contributed by atoms with E-state index in [1.807, 2.05) is 0 Å². The van der Waals surface area contributed by atoms with Crippen LogP contribution in [0.4, 0.5) is 0 Å². The van der Waals surface area contributed by atoms with E-state index in [0.717, 1.165) is 18.4 Å². The Morgan fingerprint density at radius 2 is 1.82 bits per heavy atom. The van der Waals surface area contributed by atoms with Crippen molar-refractivity contribution < 1.29 is 4.79 Å². The molecule has 1 saturated carbocycles. The Labute approximate surface area is 102 Å². The third-order valence-electron chi connectivity index (χ3n) is 3.25. The van der Waals surface area contributed by atoms with Crippen LogP contribution < -0.4 is 5.32 Å². The summed E-state index contributed by atoms with van der Waals surface area (Å²) in [4.78, 5) is 11.9. The number of rotatable bonds is 2. The molecule has 1 aromatic carbocycles. The molecule has 0 saturated heterocycles. The predicted octanol–water partition coefficient (Wildman–Crippen LogP) is 2.73. The lowest BCUT2D eigenvalue weighted by Crippen LogP contribution is -2.36. The number of benzene rings is 1. The van der Waals surface area contributed by atoms with Gasteiger partial charge in [-0.1, -0.05) is 25.2 Å². The van der Waals surface area contributed by atoms with Crippen LogP contribution in [0.25, 0.3) is 0 Å². The van der Waals surface area contributed by atoms with Crippen molar-refractivity contribution in [2.24, 2.45) is 0 Å². The van der Waals surface area contributed by atoms with Crippen molar-refractivity contribution in [2.45, 2.75) is 38.1 Å². The second-order valence-electron chi connectivity index (χ2n) is 4.53. The number of carbonyl (C=O) groups excluding carboxylic acids is 1. The Bertz CT molecular complexity index is 421. The van der Waals surface area contributed by atoms with Crippen molar-refractivity contribution in [1.29, 1.82) is 0 Å². The van der Waals surface area contributed by atoms with Crippen molar-refractivity contribution in [1.82, 2.24) is 5.32 Å². The molecule has 0 aliphatic heterocycles. The topological polar surface area (TPSA) is 29.1 Å². The molecule has 2 nitrogen and oxygen atoms in total. The van der Waals surface area contributed by atoms with Gasteiger partial charge in [0.05, 0.1) is 0 Å². The lowest BCUT2D eigenvalue weighted by atomic mass is 9.95. The Balaban J connectivity index is 1.96. The van der Waals surface area contributed by atoms with E-state index in [1.54, 1.807) is 24.3 Å². The van der Waals surface area contributed by atoms with E-state index in [-0.39, 0.29) is 5.91 Å². The highest BCUT2D eigenvalue weighted by atomic mass is 16.1. The van der Waals surface area contributed by atoms with E-state index in [2.05, 4.69) is 11.2 Å². The highest BCUT2D eigenvalue weighted by Crippen LogP contribution is 2.17. The summed E-state index contributed by atoms with van der Waals surface area (Å²) in [6, 6.07) is 7.52. The quantitative estimate of drug-likeness (QED) is 0.773. The van der Waals surface area contributed by atoms with Gasteiger partial charge in [0.25, 0.3) is 5.91 Å². The average molecular weight is 227 g/mol. The van der Waals surface area contributed by atoms with Gasteiger partial charge in [-0.05, 0) is 37.1 Å². The number of hydrogen-bond acceptors (Lipinski definition) is 1. The third-order valence-corrected chi connectivity index (χ3v) is 3.25. The lowest BCUT2D eigenvalue weighted by molar-refractivity contribution is 0.0927. The van der Waals surface area contributed by atoms with E-state index in [1.165, 1.54) is 19.3 Å². The molecule has 1 aliphatic carbocycles. The number of hydrogen-bond donors (Lipinski definition) is 1. The smallest absolute Gasteiger partial charge is 0.251 e. The van der Waals surface area contributed by atoms with Gasteiger partial charge in [0.15, 0.2) is 0 Å². The van der Waals surface area contributed by atoms with Crippen LogP contribution in [0.2, 0.25) is 0 Å². The summed E-state index contributed by atoms with van der Waals surface area (Å²) in [6.07, 6.45) is 11.2. The number of nitrogens with one attached hydrogen (secondary N) is 1. The van der Waals surface area contributed by atoms with Gasteiger partial charge in [0, 0.05) is 17.2 Å². The summed E-state index contributed by atoms with van der Waals surface area (Å²) in [5, 5.41) is 3.08. The number of terminal acetylenes is 1. The van der Waals surface area contributed by atoms with E-state index in [4.69, 9.17) is 6.42 Å². The predicted molar refractivity (Wildman–Crippen MR) is 68.7 cm³/mol. The van der Waals surface area contributed by atoms with Crippen LogP contribution in [0.1, 0.15) is 48.0 Å². The van der Waals surface area contributed by atoms with E-state index >= 15 is 0 Å². The van der Waals surface area contributed by atoms with Crippen molar-refractivity contribution in [3.63, 3.8) is 0 Å². The fraction of sp³-hybridized carbons (Fsp3) is 0.400. The van der Waals surface area contributed by atoms with E-state index in [0.29, 0.717) is 11.6 Å². The average Bonchev–Trinajstić information content (AvgIpc) is 2.40. The fourth-order valence-electron chi connectivity index (χ4n) is 2.23. The largest absolute Gasteiger partial charge is 0.349 e. The molecule has 2 rings (SSSR count). The third kappa shape index (κ3) is 3.10. The summed E-state index contributed by atoms with van der Waals surface area (Å²) in [5.74, 6) is 2.56. The van der Waals surface area contributed by atoms with Crippen molar-refractivity contribution in [2.75, 3.05) is 0 Å². The summed E-state index contributed by atoms with van der Waals surface area (Å²) >= 11 is 0. The van der Waals surface area contributed by atoms with Gasteiger partial charge < -0.3 is 5.32 Å². The first-order valence-electron chi connectivity index (χ1n) is 6.17. The van der Waals surface area contributed by atoms with E-state index in [9.17, 15) is 4.79 Å². The van der Waals surface area contributed by atoms with Crippen LogP contribution in [0.5, 0.6) is 0 Å². The zero-order valence-electron chi connectivity index (χ0n) is 9.91. The fourth-order valence-corrected chi connectivity index (χ4v) is 2.23. The second kappa shape index (κ2) is 5.54. The molecule has 1 N–H and O–H groups in total. The summed E-state index contributed by atoms with van der Waals surface area (Å²) in [5.41, 5.74) is 1.49. The Kier molecular flexibility index (Phi) is 3.82. The van der Waals surface area contributed by atoms with Crippen LogP contribution in [0.3, 0.4) is 0 Å². The normalized spacial score (nSPS) is 16.2. The Hall–Kier alpha value is -1.75. The number of amides is 1. The minimum absolute atomic E-state index is 0.0143. The first kappa shape index (κ1) is 11.7. The van der Waals surface area contributed by atoms with Gasteiger partial charge in [-0.2, -0.15) is 0 Å². The molecule has 1 amide bonds.